The van der Waals surface area contributed by atoms with Gasteiger partial charge in [-0.05, 0) is 42.3 Å². The second-order valence-electron chi connectivity index (χ2n) is 7.82. The zero-order chi connectivity index (χ0) is 22.3. The number of aryl methyl sites for hydroxylation is 1. The molecule has 3 aromatic carbocycles. The van der Waals surface area contributed by atoms with Crippen LogP contribution in [0, 0.1) is 12.7 Å². The third-order valence-electron chi connectivity index (χ3n) is 5.16. The minimum absolute atomic E-state index is 0.125. The van der Waals surface area contributed by atoms with Crippen LogP contribution in [0.4, 0.5) is 10.1 Å². The van der Waals surface area contributed by atoms with Gasteiger partial charge in [-0.15, -0.1) is 0 Å². The second-order valence-corrected chi connectivity index (χ2v) is 7.82. The Hall–Kier alpha value is -3.70. The maximum Gasteiger partial charge on any atom is 0.291 e. The number of hydrogen-bond acceptors (Lipinski definition) is 3. The summed E-state index contributed by atoms with van der Waals surface area (Å²) in [6, 6.07) is 28.2. The van der Waals surface area contributed by atoms with Crippen LogP contribution in [0.15, 0.2) is 95.4 Å². The van der Waals surface area contributed by atoms with Crippen molar-refractivity contribution in [3.63, 3.8) is 0 Å². The predicted molar refractivity (Wildman–Crippen MR) is 124 cm³/mol. The summed E-state index contributed by atoms with van der Waals surface area (Å²) in [5, 5.41) is 2.56. The highest BCUT2D eigenvalue weighted by molar-refractivity contribution is 6.02. The lowest BCUT2D eigenvalue weighted by atomic mass is 10.1. The number of amides is 1. The Balaban J connectivity index is 1.47. The molecule has 0 aliphatic rings. The van der Waals surface area contributed by atoms with Crippen LogP contribution < -0.4 is 5.32 Å². The average Bonchev–Trinajstić information content (AvgIpc) is 3.26. The molecule has 4 rings (SSSR count). The first-order chi connectivity index (χ1) is 15.6. The molecule has 0 bridgehead atoms. The van der Waals surface area contributed by atoms with Crippen molar-refractivity contribution in [3.05, 3.63) is 125 Å². The average molecular weight is 429 g/mol. The Labute approximate surface area is 187 Å². The van der Waals surface area contributed by atoms with Crippen molar-refractivity contribution in [2.75, 3.05) is 5.32 Å². The second kappa shape index (κ2) is 10.1. The Morgan fingerprint density at radius 1 is 0.812 bits per heavy atom. The van der Waals surface area contributed by atoms with Crippen molar-refractivity contribution in [2.24, 2.45) is 0 Å². The van der Waals surface area contributed by atoms with Crippen LogP contribution in [0.1, 0.15) is 33.0 Å². The Morgan fingerprint density at radius 2 is 1.47 bits per heavy atom. The van der Waals surface area contributed by atoms with E-state index in [0.29, 0.717) is 12.3 Å². The number of benzene rings is 3. The Bertz CT molecular complexity index is 1170. The number of para-hydroxylation sites is 1. The molecule has 162 valence electrons. The van der Waals surface area contributed by atoms with E-state index in [-0.39, 0.29) is 11.4 Å². The van der Waals surface area contributed by atoms with Crippen molar-refractivity contribution in [2.45, 2.75) is 26.6 Å². The van der Waals surface area contributed by atoms with E-state index in [1.165, 1.54) is 28.8 Å². The van der Waals surface area contributed by atoms with Gasteiger partial charge in [0.1, 0.15) is 11.6 Å². The summed E-state index contributed by atoms with van der Waals surface area (Å²) in [6.45, 7) is 4.09. The van der Waals surface area contributed by atoms with E-state index in [2.05, 4.69) is 53.5 Å². The summed E-state index contributed by atoms with van der Waals surface area (Å²) in [5.41, 5.74) is 3.75. The highest BCUT2D eigenvalue weighted by Crippen LogP contribution is 2.19. The number of nitrogens with zero attached hydrogens (tertiary/aromatic N) is 1. The van der Waals surface area contributed by atoms with Gasteiger partial charge >= 0.3 is 0 Å². The molecule has 32 heavy (non-hydrogen) atoms. The molecule has 0 radical (unpaired) electrons. The van der Waals surface area contributed by atoms with Crippen LogP contribution in [-0.4, -0.2) is 10.8 Å². The molecule has 4 nitrogen and oxygen atoms in total. The molecule has 1 aromatic heterocycles. The number of carbonyl (C=O) groups is 1. The largest absolute Gasteiger partial charge is 0.455 e. The number of nitrogens with one attached hydrogen (secondary N) is 1. The standard InChI is InChI=1S/C27H25FN2O2/c1-20-11-13-22(14-12-20)18-30(17-21-7-3-2-4-8-21)19-23-15-16-26(32-23)27(31)29-25-10-6-5-9-24(25)28/h2-16H,17-19H2,1H3,(H,29,31). The van der Waals surface area contributed by atoms with Crippen molar-refractivity contribution < 1.29 is 13.6 Å². The SMILES string of the molecule is Cc1ccc(CN(Cc2ccccc2)Cc2ccc(C(=O)Nc3ccccc3F)o2)cc1. The van der Waals surface area contributed by atoms with Gasteiger partial charge in [0.15, 0.2) is 5.76 Å². The molecule has 0 saturated heterocycles. The quantitative estimate of drug-likeness (QED) is 0.364. The van der Waals surface area contributed by atoms with E-state index >= 15 is 0 Å². The van der Waals surface area contributed by atoms with E-state index in [9.17, 15) is 9.18 Å². The van der Waals surface area contributed by atoms with E-state index in [4.69, 9.17) is 4.42 Å². The minimum atomic E-state index is -0.486. The number of carbonyl (C=O) groups excluding carboxylic acids is 1. The molecule has 0 unspecified atom stereocenters. The van der Waals surface area contributed by atoms with Crippen LogP contribution in [0.5, 0.6) is 0 Å². The van der Waals surface area contributed by atoms with Crippen LogP contribution in [0.2, 0.25) is 0 Å². The number of furan rings is 1. The third kappa shape index (κ3) is 5.71. The molecule has 0 fully saturated rings. The topological polar surface area (TPSA) is 45.5 Å². The fourth-order valence-corrected chi connectivity index (χ4v) is 3.51. The van der Waals surface area contributed by atoms with Gasteiger partial charge in [-0.1, -0.05) is 72.3 Å². The fourth-order valence-electron chi connectivity index (χ4n) is 3.51. The normalized spacial score (nSPS) is 11.0. The highest BCUT2D eigenvalue weighted by Gasteiger charge is 2.16. The lowest BCUT2D eigenvalue weighted by Crippen LogP contribution is -2.22. The highest BCUT2D eigenvalue weighted by atomic mass is 19.1. The van der Waals surface area contributed by atoms with Crippen molar-refractivity contribution >= 4 is 11.6 Å². The molecule has 0 spiro atoms. The third-order valence-corrected chi connectivity index (χ3v) is 5.16. The molecule has 1 amide bonds. The Kier molecular flexibility index (Phi) is 6.78. The van der Waals surface area contributed by atoms with Gasteiger partial charge in [0, 0.05) is 13.1 Å². The van der Waals surface area contributed by atoms with Crippen LogP contribution >= 0.6 is 0 Å². The maximum absolute atomic E-state index is 13.8. The van der Waals surface area contributed by atoms with E-state index in [1.54, 1.807) is 24.3 Å². The summed E-state index contributed by atoms with van der Waals surface area (Å²) in [4.78, 5) is 14.8. The predicted octanol–water partition coefficient (Wildman–Crippen LogP) is 6.18. The molecular formula is C27H25FN2O2. The number of anilines is 1. The molecule has 1 N–H and O–H groups in total. The monoisotopic (exact) mass is 428 g/mol. The van der Waals surface area contributed by atoms with Crippen molar-refractivity contribution in [1.82, 2.24) is 4.90 Å². The Morgan fingerprint density at radius 3 is 2.19 bits per heavy atom. The first-order valence-corrected chi connectivity index (χ1v) is 10.5. The molecule has 0 aliphatic carbocycles. The molecule has 0 saturated carbocycles. The zero-order valence-corrected chi connectivity index (χ0v) is 17.9. The first-order valence-electron chi connectivity index (χ1n) is 10.5. The summed E-state index contributed by atoms with van der Waals surface area (Å²) in [5.74, 6) is -0.140. The van der Waals surface area contributed by atoms with E-state index in [1.807, 2.05) is 18.2 Å². The maximum atomic E-state index is 13.8. The molecule has 1 heterocycles. The number of hydrogen-bond donors (Lipinski definition) is 1. The summed E-state index contributed by atoms with van der Waals surface area (Å²) < 4.78 is 19.6. The molecule has 0 atom stereocenters. The zero-order valence-electron chi connectivity index (χ0n) is 17.9. The van der Waals surface area contributed by atoms with Crippen LogP contribution in [0.3, 0.4) is 0 Å². The summed E-state index contributed by atoms with van der Waals surface area (Å²) >= 11 is 0. The lowest BCUT2D eigenvalue weighted by molar-refractivity contribution is 0.0991. The van der Waals surface area contributed by atoms with Gasteiger partial charge in [0.05, 0.1) is 12.2 Å². The fraction of sp³-hybridized carbons (Fsp3) is 0.148. The molecule has 5 heteroatoms. The van der Waals surface area contributed by atoms with Gasteiger partial charge in [-0.2, -0.15) is 0 Å². The summed E-state index contributed by atoms with van der Waals surface area (Å²) in [6.07, 6.45) is 0. The van der Waals surface area contributed by atoms with Crippen LogP contribution in [0.25, 0.3) is 0 Å². The smallest absolute Gasteiger partial charge is 0.291 e. The molecular weight excluding hydrogens is 403 g/mol. The van der Waals surface area contributed by atoms with E-state index in [0.717, 1.165) is 13.1 Å². The number of rotatable bonds is 8. The minimum Gasteiger partial charge on any atom is -0.455 e. The van der Waals surface area contributed by atoms with Gasteiger partial charge in [0.2, 0.25) is 0 Å². The lowest BCUT2D eigenvalue weighted by Gasteiger charge is -2.21. The van der Waals surface area contributed by atoms with Gasteiger partial charge in [-0.3, -0.25) is 9.69 Å². The van der Waals surface area contributed by atoms with E-state index < -0.39 is 11.7 Å². The summed E-state index contributed by atoms with van der Waals surface area (Å²) in [7, 11) is 0. The van der Waals surface area contributed by atoms with Crippen LogP contribution in [-0.2, 0) is 19.6 Å². The first kappa shape index (κ1) is 21.5. The van der Waals surface area contributed by atoms with Gasteiger partial charge in [-0.25, -0.2) is 4.39 Å². The van der Waals surface area contributed by atoms with Gasteiger partial charge in [0.25, 0.3) is 5.91 Å². The van der Waals surface area contributed by atoms with Gasteiger partial charge < -0.3 is 9.73 Å². The molecule has 4 aromatic rings. The number of halogens is 1. The van der Waals surface area contributed by atoms with Crippen molar-refractivity contribution in [1.29, 1.82) is 0 Å². The van der Waals surface area contributed by atoms with Crippen molar-refractivity contribution in [3.8, 4) is 0 Å². The molecule has 0 aliphatic heterocycles.